The van der Waals surface area contributed by atoms with Crippen LogP contribution in [0.25, 0.3) is 0 Å². The highest BCUT2D eigenvalue weighted by Gasteiger charge is 2.12. The van der Waals surface area contributed by atoms with Crippen molar-refractivity contribution in [3.63, 3.8) is 0 Å². The van der Waals surface area contributed by atoms with Crippen LogP contribution in [0.4, 0.5) is 11.4 Å². The minimum Gasteiger partial charge on any atom is -0.484 e. The highest BCUT2D eigenvalue weighted by molar-refractivity contribution is 6.39. The predicted octanol–water partition coefficient (Wildman–Crippen LogP) is 3.97. The summed E-state index contributed by atoms with van der Waals surface area (Å²) in [6.07, 6.45) is 2.26. The molecule has 8 nitrogen and oxygen atoms in total. The van der Waals surface area contributed by atoms with Gasteiger partial charge in [-0.25, -0.2) is 5.43 Å². The van der Waals surface area contributed by atoms with Gasteiger partial charge in [0.15, 0.2) is 6.61 Å². The Kier molecular flexibility index (Phi) is 8.72. The van der Waals surface area contributed by atoms with Gasteiger partial charge in [-0.15, -0.1) is 0 Å². The summed E-state index contributed by atoms with van der Waals surface area (Å²) in [6.45, 7) is 5.79. The fourth-order valence-electron chi connectivity index (χ4n) is 3.20. The molecule has 0 aliphatic carbocycles. The van der Waals surface area contributed by atoms with Gasteiger partial charge in [0.05, 0.1) is 6.21 Å². The summed E-state index contributed by atoms with van der Waals surface area (Å²) in [7, 11) is 0. The third kappa shape index (κ3) is 7.82. The molecule has 3 amide bonds. The third-order valence-electron chi connectivity index (χ3n) is 5.09. The molecule has 0 unspecified atom stereocenters. The molecule has 0 saturated carbocycles. The summed E-state index contributed by atoms with van der Waals surface area (Å²) in [5.74, 6) is -1.53. The van der Waals surface area contributed by atoms with Crippen LogP contribution in [0.2, 0.25) is 0 Å². The lowest BCUT2D eigenvalue weighted by Crippen LogP contribution is -2.32. The van der Waals surface area contributed by atoms with Crippen molar-refractivity contribution in [2.24, 2.45) is 5.10 Å². The van der Waals surface area contributed by atoms with Crippen molar-refractivity contribution in [2.45, 2.75) is 27.2 Å². The summed E-state index contributed by atoms with van der Waals surface area (Å²) >= 11 is 0. The van der Waals surface area contributed by atoms with E-state index in [1.165, 1.54) is 6.21 Å². The van der Waals surface area contributed by atoms with Crippen molar-refractivity contribution in [3.05, 3.63) is 89.0 Å². The number of hydrogen-bond acceptors (Lipinski definition) is 5. The zero-order chi connectivity index (χ0) is 25.2. The average molecular weight is 473 g/mol. The van der Waals surface area contributed by atoms with E-state index >= 15 is 0 Å². The van der Waals surface area contributed by atoms with Crippen LogP contribution >= 0.6 is 0 Å². The summed E-state index contributed by atoms with van der Waals surface area (Å²) in [5, 5.41) is 9.17. The molecule has 0 atom stereocenters. The number of nitrogens with one attached hydrogen (secondary N) is 3. The summed E-state index contributed by atoms with van der Waals surface area (Å²) in [5.41, 5.74) is 7.30. The van der Waals surface area contributed by atoms with Gasteiger partial charge in [0.25, 0.3) is 5.91 Å². The number of ether oxygens (including phenoxy) is 1. The molecule has 0 radical (unpaired) electrons. The van der Waals surface area contributed by atoms with Gasteiger partial charge < -0.3 is 15.4 Å². The zero-order valence-electron chi connectivity index (χ0n) is 19.9. The van der Waals surface area contributed by atoms with Crippen molar-refractivity contribution >= 4 is 35.3 Å². The average Bonchev–Trinajstić information content (AvgIpc) is 2.85. The smallest absolute Gasteiger partial charge is 0.329 e. The van der Waals surface area contributed by atoms with Crippen LogP contribution < -0.4 is 20.8 Å². The second-order valence-corrected chi connectivity index (χ2v) is 7.93. The molecular weight excluding hydrogens is 444 g/mol. The van der Waals surface area contributed by atoms with Gasteiger partial charge in [0.2, 0.25) is 0 Å². The van der Waals surface area contributed by atoms with E-state index in [1.54, 1.807) is 36.4 Å². The van der Waals surface area contributed by atoms with E-state index in [2.05, 4.69) is 21.2 Å². The summed E-state index contributed by atoms with van der Waals surface area (Å²) < 4.78 is 5.57. The van der Waals surface area contributed by atoms with E-state index in [1.807, 2.05) is 51.1 Å². The Morgan fingerprint density at radius 3 is 2.40 bits per heavy atom. The summed E-state index contributed by atoms with van der Waals surface area (Å²) in [6, 6.07) is 19.9. The molecule has 3 N–H and O–H groups in total. The van der Waals surface area contributed by atoms with Crippen molar-refractivity contribution in [1.29, 1.82) is 0 Å². The quantitative estimate of drug-likeness (QED) is 0.262. The van der Waals surface area contributed by atoms with Gasteiger partial charge in [-0.2, -0.15) is 5.10 Å². The van der Waals surface area contributed by atoms with Crippen molar-refractivity contribution < 1.29 is 19.1 Å². The lowest BCUT2D eigenvalue weighted by Gasteiger charge is -2.10. The lowest BCUT2D eigenvalue weighted by atomic mass is 10.1. The molecular formula is C27H28N4O4. The largest absolute Gasteiger partial charge is 0.484 e. The number of carbonyl (C=O) groups is 3. The first kappa shape index (κ1) is 25.2. The Hall–Kier alpha value is -4.46. The monoisotopic (exact) mass is 472 g/mol. The molecule has 8 heteroatoms. The molecule has 180 valence electrons. The highest BCUT2D eigenvalue weighted by Crippen LogP contribution is 2.16. The van der Waals surface area contributed by atoms with Crippen LogP contribution in [0, 0.1) is 13.8 Å². The molecule has 35 heavy (non-hydrogen) atoms. The molecule has 0 spiro atoms. The molecule has 0 aromatic heterocycles. The molecule has 0 aliphatic rings. The molecule has 0 heterocycles. The van der Waals surface area contributed by atoms with Crippen LogP contribution in [0.1, 0.15) is 29.2 Å². The number of amides is 3. The first-order valence-electron chi connectivity index (χ1n) is 11.2. The van der Waals surface area contributed by atoms with E-state index < -0.39 is 11.8 Å². The Balaban J connectivity index is 1.48. The van der Waals surface area contributed by atoms with Crippen LogP contribution in [-0.4, -0.2) is 30.5 Å². The third-order valence-corrected chi connectivity index (χ3v) is 5.09. The van der Waals surface area contributed by atoms with Gasteiger partial charge in [-0.3, -0.25) is 14.4 Å². The zero-order valence-corrected chi connectivity index (χ0v) is 19.9. The Labute approximate surface area is 204 Å². The molecule has 0 bridgehead atoms. The Morgan fingerprint density at radius 1 is 0.914 bits per heavy atom. The molecule has 3 aromatic carbocycles. The second-order valence-electron chi connectivity index (χ2n) is 7.93. The number of aryl methyl sites for hydroxylation is 3. The highest BCUT2D eigenvalue weighted by atomic mass is 16.5. The first-order chi connectivity index (χ1) is 16.8. The van der Waals surface area contributed by atoms with Gasteiger partial charge in [0, 0.05) is 11.4 Å². The topological polar surface area (TPSA) is 109 Å². The van der Waals surface area contributed by atoms with E-state index in [4.69, 9.17) is 4.74 Å². The van der Waals surface area contributed by atoms with Crippen LogP contribution in [-0.2, 0) is 20.8 Å². The molecule has 0 aliphatic heterocycles. The van der Waals surface area contributed by atoms with E-state index in [-0.39, 0.29) is 12.5 Å². The fraction of sp³-hybridized carbons (Fsp3) is 0.185. The van der Waals surface area contributed by atoms with Gasteiger partial charge in [-0.05, 0) is 67.3 Å². The van der Waals surface area contributed by atoms with Crippen molar-refractivity contribution in [2.75, 3.05) is 17.2 Å². The van der Waals surface area contributed by atoms with E-state index in [0.29, 0.717) is 17.0 Å². The maximum absolute atomic E-state index is 12.2. The maximum atomic E-state index is 12.2. The molecule has 3 aromatic rings. The van der Waals surface area contributed by atoms with Crippen molar-refractivity contribution in [3.8, 4) is 5.75 Å². The molecule has 0 fully saturated rings. The summed E-state index contributed by atoms with van der Waals surface area (Å²) in [4.78, 5) is 36.3. The minimum atomic E-state index is -0.892. The van der Waals surface area contributed by atoms with Gasteiger partial charge >= 0.3 is 11.8 Å². The number of benzene rings is 3. The lowest BCUT2D eigenvalue weighted by molar-refractivity contribution is -0.136. The minimum absolute atomic E-state index is 0.163. The Morgan fingerprint density at radius 2 is 1.69 bits per heavy atom. The van der Waals surface area contributed by atoms with Crippen LogP contribution in [0.15, 0.2) is 71.8 Å². The SMILES string of the molecule is CCc1ccc(NC(=O)C(=O)N/N=C\c2cccc(OCC(=O)Nc3ccc(C)cc3C)c2)cc1. The number of hydrogen-bond donors (Lipinski definition) is 3. The number of nitrogens with zero attached hydrogens (tertiary/aromatic N) is 1. The van der Waals surface area contributed by atoms with Gasteiger partial charge in [0.1, 0.15) is 5.75 Å². The number of hydrazone groups is 1. The van der Waals surface area contributed by atoms with Crippen molar-refractivity contribution in [1.82, 2.24) is 5.43 Å². The first-order valence-corrected chi connectivity index (χ1v) is 11.2. The number of rotatable bonds is 8. The van der Waals surface area contributed by atoms with E-state index in [0.717, 1.165) is 28.8 Å². The van der Waals surface area contributed by atoms with Crippen LogP contribution in [0.5, 0.6) is 5.75 Å². The fourth-order valence-corrected chi connectivity index (χ4v) is 3.20. The normalized spacial score (nSPS) is 10.6. The number of carbonyl (C=O) groups excluding carboxylic acids is 3. The second kappa shape index (κ2) is 12.1. The van der Waals surface area contributed by atoms with Crippen LogP contribution in [0.3, 0.4) is 0 Å². The van der Waals surface area contributed by atoms with E-state index in [9.17, 15) is 14.4 Å². The maximum Gasteiger partial charge on any atom is 0.329 e. The predicted molar refractivity (Wildman–Crippen MR) is 137 cm³/mol. The Bertz CT molecular complexity index is 1240. The number of anilines is 2. The molecule has 0 saturated heterocycles. The van der Waals surface area contributed by atoms with Gasteiger partial charge in [-0.1, -0.05) is 48.9 Å². The molecule has 3 rings (SSSR count). The standard InChI is InChI=1S/C27H28N4O4/c1-4-20-9-11-22(12-10-20)29-26(33)27(34)31-28-16-21-6-5-7-23(15-21)35-17-25(32)30-24-13-8-18(2)14-19(24)3/h5-16H,4,17H2,1-3H3,(H,29,33)(H,30,32)(H,31,34)/b28-16-.